The number of nitrogens with one attached hydrogen (secondary N) is 1. The van der Waals surface area contributed by atoms with Gasteiger partial charge in [0.15, 0.2) is 0 Å². The number of hydrogen-bond acceptors (Lipinski definition) is 4. The van der Waals surface area contributed by atoms with Crippen molar-refractivity contribution in [1.82, 2.24) is 9.97 Å². The number of aliphatic hydroxyl groups excluding tert-OH is 1. The van der Waals surface area contributed by atoms with Gasteiger partial charge < -0.3 is 10.4 Å². The number of hydrogen-bond donors (Lipinski definition) is 2. The van der Waals surface area contributed by atoms with Crippen LogP contribution in [-0.4, -0.2) is 28.1 Å². The zero-order chi connectivity index (χ0) is 22.1. The number of amides is 1. The van der Waals surface area contributed by atoms with Gasteiger partial charge in [0, 0.05) is 29.1 Å². The fourth-order valence-corrected chi connectivity index (χ4v) is 3.45. The second kappa shape index (κ2) is 11.6. The number of aromatic nitrogens is 2. The van der Waals surface area contributed by atoms with Gasteiger partial charge in [-0.1, -0.05) is 35.3 Å². The summed E-state index contributed by atoms with van der Waals surface area (Å²) >= 11 is 12.0. The lowest BCUT2D eigenvalue weighted by Crippen LogP contribution is -2.01. The average molecular weight is 446 g/mol. The topological polar surface area (TPSA) is 75.1 Å². The Morgan fingerprint density at radius 1 is 1.07 bits per heavy atom. The molecule has 1 amide bonds. The molecule has 0 spiro atoms. The number of halogens is 2. The Hall–Kier alpha value is -2.47. The molecule has 3 aromatic rings. The first-order chi connectivity index (χ1) is 14.3. The first-order valence-electron chi connectivity index (χ1n) is 9.52. The van der Waals surface area contributed by atoms with Gasteiger partial charge in [-0.15, -0.1) is 0 Å². The van der Waals surface area contributed by atoms with E-state index < -0.39 is 0 Å². The number of aryl methyl sites for hydroxylation is 4. The van der Waals surface area contributed by atoms with Gasteiger partial charge in [0.05, 0.1) is 10.7 Å². The molecule has 0 aliphatic carbocycles. The minimum absolute atomic E-state index is 0.215. The molecule has 3 rings (SSSR count). The summed E-state index contributed by atoms with van der Waals surface area (Å²) in [6.07, 6.45) is 4.05. The Balaban J connectivity index is 0.000000214. The first-order valence-corrected chi connectivity index (χ1v) is 10.3. The third-order valence-electron chi connectivity index (χ3n) is 4.40. The molecule has 7 heteroatoms. The van der Waals surface area contributed by atoms with Crippen molar-refractivity contribution in [3.63, 3.8) is 0 Å². The third-order valence-corrected chi connectivity index (χ3v) is 4.96. The number of aliphatic hydroxyl groups is 1. The number of benzene rings is 2. The van der Waals surface area contributed by atoms with E-state index in [1.54, 1.807) is 24.4 Å². The van der Waals surface area contributed by atoms with Crippen LogP contribution in [0.3, 0.4) is 0 Å². The van der Waals surface area contributed by atoms with E-state index in [0.717, 1.165) is 40.9 Å². The maximum Gasteiger partial charge on any atom is 0.211 e. The van der Waals surface area contributed by atoms with Crippen LogP contribution in [0.4, 0.5) is 5.69 Å². The van der Waals surface area contributed by atoms with Crippen molar-refractivity contribution in [3.8, 4) is 11.3 Å². The molecule has 0 fully saturated rings. The minimum atomic E-state index is 0.215. The van der Waals surface area contributed by atoms with Crippen LogP contribution in [0.1, 0.15) is 28.9 Å². The van der Waals surface area contributed by atoms with E-state index >= 15 is 0 Å². The molecule has 2 N–H and O–H groups in total. The highest BCUT2D eigenvalue weighted by Gasteiger charge is 2.06. The number of carbonyl (C=O) groups is 1. The van der Waals surface area contributed by atoms with Gasteiger partial charge in [-0.3, -0.25) is 4.79 Å². The van der Waals surface area contributed by atoms with Gasteiger partial charge in [-0.2, -0.15) is 0 Å². The van der Waals surface area contributed by atoms with Crippen LogP contribution in [0.25, 0.3) is 11.3 Å². The Morgan fingerprint density at radius 3 is 2.37 bits per heavy atom. The van der Waals surface area contributed by atoms with Crippen LogP contribution in [0.5, 0.6) is 0 Å². The number of rotatable bonds is 6. The number of nitrogens with zero attached hydrogens (tertiary/aromatic N) is 2. The van der Waals surface area contributed by atoms with Crippen molar-refractivity contribution in [3.05, 3.63) is 75.2 Å². The third kappa shape index (κ3) is 6.80. The highest BCUT2D eigenvalue weighted by atomic mass is 35.5. The standard InChI is InChI=1S/C12H17NO2.C11H8Cl2N2/c1-9-6-11(4-3-5-14)7-10(2)12(9)13-8-15;1-7-14-5-4-11(15-7)9-6-8(12)2-3-10(9)13/h6-8,14H,3-5H2,1-2H3,(H,13,15);2-6H,1H3. The molecule has 0 aliphatic rings. The molecule has 0 aliphatic heterocycles. The normalized spacial score (nSPS) is 10.2. The van der Waals surface area contributed by atoms with E-state index in [9.17, 15) is 4.79 Å². The molecular formula is C23H25Cl2N3O2. The summed E-state index contributed by atoms with van der Waals surface area (Å²) in [5, 5.41) is 12.7. The van der Waals surface area contributed by atoms with Crippen LogP contribution in [0.2, 0.25) is 10.0 Å². The maximum atomic E-state index is 10.4. The smallest absolute Gasteiger partial charge is 0.211 e. The van der Waals surface area contributed by atoms with E-state index in [4.69, 9.17) is 28.3 Å². The molecule has 30 heavy (non-hydrogen) atoms. The molecule has 5 nitrogen and oxygen atoms in total. The van der Waals surface area contributed by atoms with Gasteiger partial charge in [-0.25, -0.2) is 9.97 Å². The van der Waals surface area contributed by atoms with E-state index in [0.29, 0.717) is 22.3 Å². The van der Waals surface area contributed by atoms with E-state index in [1.807, 2.05) is 26.8 Å². The molecule has 2 aromatic carbocycles. The minimum Gasteiger partial charge on any atom is -0.396 e. The average Bonchev–Trinajstić information content (AvgIpc) is 2.71. The van der Waals surface area contributed by atoms with Gasteiger partial charge in [0.1, 0.15) is 5.82 Å². The van der Waals surface area contributed by atoms with E-state index in [-0.39, 0.29) is 6.61 Å². The quantitative estimate of drug-likeness (QED) is 0.487. The number of carbonyl (C=O) groups excluding carboxylic acids is 1. The van der Waals surface area contributed by atoms with Crippen LogP contribution >= 0.6 is 23.2 Å². The Bertz CT molecular complexity index is 986. The van der Waals surface area contributed by atoms with Crippen molar-refractivity contribution in [2.75, 3.05) is 11.9 Å². The van der Waals surface area contributed by atoms with Crippen LogP contribution in [0, 0.1) is 20.8 Å². The van der Waals surface area contributed by atoms with Crippen molar-refractivity contribution >= 4 is 35.3 Å². The predicted octanol–water partition coefficient (Wildman–Crippen LogP) is 5.56. The predicted molar refractivity (Wildman–Crippen MR) is 123 cm³/mol. The van der Waals surface area contributed by atoms with Crippen molar-refractivity contribution in [2.24, 2.45) is 0 Å². The summed E-state index contributed by atoms with van der Waals surface area (Å²) in [5.41, 5.74) is 5.84. The molecule has 1 heterocycles. The second-order valence-corrected chi connectivity index (χ2v) is 7.65. The summed E-state index contributed by atoms with van der Waals surface area (Å²) in [7, 11) is 0. The summed E-state index contributed by atoms with van der Waals surface area (Å²) in [6, 6.07) is 11.2. The lowest BCUT2D eigenvalue weighted by atomic mass is 10.0. The fraction of sp³-hybridized carbons (Fsp3) is 0.261. The molecule has 1 aromatic heterocycles. The van der Waals surface area contributed by atoms with Crippen molar-refractivity contribution in [1.29, 1.82) is 0 Å². The van der Waals surface area contributed by atoms with Crippen molar-refractivity contribution < 1.29 is 9.90 Å². The van der Waals surface area contributed by atoms with Crippen LogP contribution in [0.15, 0.2) is 42.6 Å². The molecule has 0 bridgehead atoms. The summed E-state index contributed by atoms with van der Waals surface area (Å²) in [4.78, 5) is 18.7. The summed E-state index contributed by atoms with van der Waals surface area (Å²) in [5.74, 6) is 0.712. The SMILES string of the molecule is Cc1cc(CCCO)cc(C)c1NC=O.Cc1nccc(-c2cc(Cl)ccc2Cl)n1. The summed E-state index contributed by atoms with van der Waals surface area (Å²) in [6.45, 7) is 6.00. The molecule has 158 valence electrons. The van der Waals surface area contributed by atoms with Crippen LogP contribution < -0.4 is 5.32 Å². The molecular weight excluding hydrogens is 421 g/mol. The Labute approximate surface area is 187 Å². The van der Waals surface area contributed by atoms with Gasteiger partial charge >= 0.3 is 0 Å². The molecule has 0 saturated heterocycles. The Kier molecular flexibility index (Phi) is 9.24. The van der Waals surface area contributed by atoms with Gasteiger partial charge in [-0.05, 0) is 74.6 Å². The molecule has 0 unspecified atom stereocenters. The highest BCUT2D eigenvalue weighted by molar-refractivity contribution is 6.35. The first kappa shape index (κ1) is 23.8. The molecule has 0 saturated carbocycles. The molecule has 0 atom stereocenters. The second-order valence-electron chi connectivity index (χ2n) is 6.81. The number of anilines is 1. The Morgan fingerprint density at radius 2 is 1.77 bits per heavy atom. The van der Waals surface area contributed by atoms with Crippen LogP contribution in [-0.2, 0) is 11.2 Å². The maximum absolute atomic E-state index is 10.4. The summed E-state index contributed by atoms with van der Waals surface area (Å²) < 4.78 is 0. The monoisotopic (exact) mass is 445 g/mol. The lowest BCUT2D eigenvalue weighted by Gasteiger charge is -2.11. The van der Waals surface area contributed by atoms with Gasteiger partial charge in [0.25, 0.3) is 0 Å². The largest absolute Gasteiger partial charge is 0.396 e. The van der Waals surface area contributed by atoms with E-state index in [1.165, 1.54) is 5.56 Å². The van der Waals surface area contributed by atoms with E-state index in [2.05, 4.69) is 27.4 Å². The zero-order valence-electron chi connectivity index (χ0n) is 17.2. The lowest BCUT2D eigenvalue weighted by molar-refractivity contribution is -0.105. The molecule has 0 radical (unpaired) electrons. The fourth-order valence-electron chi connectivity index (χ4n) is 3.07. The van der Waals surface area contributed by atoms with Gasteiger partial charge in [0.2, 0.25) is 6.41 Å². The zero-order valence-corrected chi connectivity index (χ0v) is 18.8. The highest BCUT2D eigenvalue weighted by Crippen LogP contribution is 2.29. The van der Waals surface area contributed by atoms with Crippen molar-refractivity contribution in [2.45, 2.75) is 33.6 Å².